The van der Waals surface area contributed by atoms with Gasteiger partial charge in [-0.15, -0.1) is 0 Å². The van der Waals surface area contributed by atoms with Crippen LogP contribution in [0.25, 0.3) is 0 Å². The van der Waals surface area contributed by atoms with Gasteiger partial charge in [0.25, 0.3) is 5.92 Å². The number of alkyl halides is 2. The van der Waals surface area contributed by atoms with E-state index in [4.69, 9.17) is 17.0 Å². The molecule has 0 heterocycles. The van der Waals surface area contributed by atoms with Gasteiger partial charge < -0.3 is 20.7 Å². The number of benzene rings is 2. The van der Waals surface area contributed by atoms with Crippen molar-refractivity contribution < 1.29 is 18.3 Å². The molecule has 0 saturated carbocycles. The summed E-state index contributed by atoms with van der Waals surface area (Å²) in [7, 11) is 1.61. The SMILES string of the molecule is COc1ccc(NC(=S)Nc2ccc(NC(=O)C3C=CC=CC3(F)F)cc2)cc1I. The monoisotopic (exact) mass is 541 g/mol. The molecule has 9 heteroatoms. The van der Waals surface area contributed by atoms with Crippen molar-refractivity contribution in [2.45, 2.75) is 5.92 Å². The van der Waals surface area contributed by atoms with E-state index in [0.717, 1.165) is 21.1 Å². The molecule has 156 valence electrons. The zero-order valence-electron chi connectivity index (χ0n) is 15.8. The van der Waals surface area contributed by atoms with Crippen molar-refractivity contribution >= 4 is 62.9 Å². The predicted molar refractivity (Wildman–Crippen MR) is 127 cm³/mol. The zero-order valence-corrected chi connectivity index (χ0v) is 18.8. The lowest BCUT2D eigenvalue weighted by Crippen LogP contribution is -2.36. The molecular formula is C21H18F2IN3O2S. The largest absolute Gasteiger partial charge is 0.496 e. The summed E-state index contributed by atoms with van der Waals surface area (Å²) in [5.41, 5.74) is 1.89. The number of carbonyl (C=O) groups is 1. The Bertz CT molecular complexity index is 1010. The predicted octanol–water partition coefficient (Wildman–Crippen LogP) is 5.42. The van der Waals surface area contributed by atoms with Crippen molar-refractivity contribution in [3.05, 3.63) is 70.3 Å². The fraction of sp³-hybridized carbons (Fsp3) is 0.143. The molecule has 2 aromatic rings. The highest BCUT2D eigenvalue weighted by molar-refractivity contribution is 14.1. The number of methoxy groups -OCH3 is 1. The first-order valence-corrected chi connectivity index (χ1v) is 10.3. The molecule has 3 N–H and O–H groups in total. The van der Waals surface area contributed by atoms with Gasteiger partial charge in [-0.1, -0.05) is 18.2 Å². The Morgan fingerprint density at radius 1 is 1.03 bits per heavy atom. The van der Waals surface area contributed by atoms with Crippen molar-refractivity contribution in [1.29, 1.82) is 0 Å². The van der Waals surface area contributed by atoms with Crippen molar-refractivity contribution in [1.82, 2.24) is 0 Å². The van der Waals surface area contributed by atoms with Crippen LogP contribution in [0.15, 0.2) is 66.8 Å². The van der Waals surface area contributed by atoms with E-state index in [0.29, 0.717) is 16.5 Å². The van der Waals surface area contributed by atoms with E-state index in [-0.39, 0.29) is 0 Å². The molecule has 1 aliphatic carbocycles. The van der Waals surface area contributed by atoms with Crippen molar-refractivity contribution in [2.24, 2.45) is 5.92 Å². The number of halogens is 3. The van der Waals surface area contributed by atoms with Gasteiger partial charge in [0, 0.05) is 17.1 Å². The van der Waals surface area contributed by atoms with Crippen LogP contribution < -0.4 is 20.7 Å². The van der Waals surface area contributed by atoms with Crippen LogP contribution >= 0.6 is 34.8 Å². The third-order valence-electron chi connectivity index (χ3n) is 4.25. The molecule has 1 atom stereocenters. The minimum Gasteiger partial charge on any atom is -0.496 e. The molecule has 0 aromatic heterocycles. The molecule has 0 aliphatic heterocycles. The number of nitrogens with one attached hydrogen (secondary N) is 3. The molecule has 3 rings (SSSR count). The molecule has 1 aliphatic rings. The van der Waals surface area contributed by atoms with Crippen LogP contribution in [0.3, 0.4) is 0 Å². The van der Waals surface area contributed by atoms with Gasteiger partial charge in [0.2, 0.25) is 5.91 Å². The molecule has 30 heavy (non-hydrogen) atoms. The number of hydrogen-bond acceptors (Lipinski definition) is 3. The van der Waals surface area contributed by atoms with Crippen LogP contribution in [0.1, 0.15) is 0 Å². The number of allylic oxidation sites excluding steroid dienone is 3. The van der Waals surface area contributed by atoms with Gasteiger partial charge >= 0.3 is 0 Å². The molecule has 0 spiro atoms. The molecule has 0 saturated heterocycles. The van der Waals surface area contributed by atoms with Gasteiger partial charge in [0.05, 0.1) is 10.7 Å². The Balaban J connectivity index is 1.57. The van der Waals surface area contributed by atoms with Crippen LogP contribution in [0.2, 0.25) is 0 Å². The number of hydrogen-bond donors (Lipinski definition) is 3. The highest BCUT2D eigenvalue weighted by Gasteiger charge is 2.41. The Labute approximate surface area is 191 Å². The summed E-state index contributed by atoms with van der Waals surface area (Å²) < 4.78 is 33.8. The number of ether oxygens (including phenoxy) is 1. The lowest BCUT2D eigenvalue weighted by molar-refractivity contribution is -0.126. The first-order chi connectivity index (χ1) is 14.3. The summed E-state index contributed by atoms with van der Waals surface area (Å²) in [5.74, 6) is -4.75. The molecule has 2 aromatic carbocycles. The Morgan fingerprint density at radius 3 is 2.23 bits per heavy atom. The molecular weight excluding hydrogens is 523 g/mol. The summed E-state index contributed by atoms with van der Waals surface area (Å²) in [5, 5.41) is 9.00. The first-order valence-electron chi connectivity index (χ1n) is 8.85. The quantitative estimate of drug-likeness (QED) is 0.349. The van der Waals surface area contributed by atoms with Crippen molar-refractivity contribution in [3.63, 3.8) is 0 Å². The maximum Gasteiger partial charge on any atom is 0.281 e. The number of thiocarbonyl (C=S) groups is 1. The van der Waals surface area contributed by atoms with Crippen LogP contribution in [0.4, 0.5) is 25.8 Å². The number of anilines is 3. The lowest BCUT2D eigenvalue weighted by atomic mass is 9.95. The van der Waals surface area contributed by atoms with Crippen molar-refractivity contribution in [3.8, 4) is 5.75 Å². The number of carbonyl (C=O) groups excluding carboxylic acids is 1. The maximum absolute atomic E-state index is 13.8. The van der Waals surface area contributed by atoms with E-state index in [1.165, 1.54) is 18.2 Å². The number of amides is 1. The van der Waals surface area contributed by atoms with Gasteiger partial charge in [0.1, 0.15) is 11.7 Å². The van der Waals surface area contributed by atoms with Gasteiger partial charge in [-0.05, 0) is 83.3 Å². The van der Waals surface area contributed by atoms with Crippen LogP contribution in [0, 0.1) is 9.49 Å². The summed E-state index contributed by atoms with van der Waals surface area (Å²) in [6.45, 7) is 0. The van der Waals surface area contributed by atoms with E-state index in [2.05, 4.69) is 38.5 Å². The molecule has 0 radical (unpaired) electrons. The van der Waals surface area contributed by atoms with Crippen LogP contribution in [-0.2, 0) is 4.79 Å². The van der Waals surface area contributed by atoms with Gasteiger partial charge in [-0.2, -0.15) is 0 Å². The minimum atomic E-state index is -3.21. The maximum atomic E-state index is 13.8. The summed E-state index contributed by atoms with van der Waals surface area (Å²) in [4.78, 5) is 12.2. The zero-order chi connectivity index (χ0) is 21.7. The highest BCUT2D eigenvalue weighted by atomic mass is 127. The second-order valence-corrected chi connectivity index (χ2v) is 7.96. The lowest BCUT2D eigenvalue weighted by Gasteiger charge is -2.22. The van der Waals surface area contributed by atoms with E-state index in [9.17, 15) is 13.6 Å². The standard InChI is InChI=1S/C21H18F2IN3O2S/c1-29-18-10-9-15(12-17(18)24)27-20(30)26-14-7-5-13(6-8-14)25-19(28)16-4-2-3-11-21(16,22)23/h2-12,16H,1H3,(H,25,28)(H2,26,27,30). The van der Waals surface area contributed by atoms with Gasteiger partial charge in [0.15, 0.2) is 5.11 Å². The average molecular weight is 541 g/mol. The third-order valence-corrected chi connectivity index (χ3v) is 5.30. The smallest absolute Gasteiger partial charge is 0.281 e. The third kappa shape index (κ3) is 5.54. The molecule has 1 amide bonds. The fourth-order valence-electron chi connectivity index (χ4n) is 2.75. The van der Waals surface area contributed by atoms with E-state index >= 15 is 0 Å². The summed E-state index contributed by atoms with van der Waals surface area (Å²) in [6.07, 6.45) is 4.58. The second kappa shape index (κ2) is 9.52. The van der Waals surface area contributed by atoms with E-state index in [1.54, 1.807) is 31.4 Å². The molecule has 1 unspecified atom stereocenters. The molecule has 0 bridgehead atoms. The average Bonchev–Trinajstić information content (AvgIpc) is 2.69. The first kappa shape index (κ1) is 22.2. The Morgan fingerprint density at radius 2 is 1.63 bits per heavy atom. The second-order valence-electron chi connectivity index (χ2n) is 6.39. The summed E-state index contributed by atoms with van der Waals surface area (Å²) in [6, 6.07) is 12.2. The van der Waals surface area contributed by atoms with Gasteiger partial charge in [-0.3, -0.25) is 4.79 Å². The normalized spacial score (nSPS) is 16.6. The molecule has 0 fully saturated rings. The fourth-order valence-corrected chi connectivity index (χ4v) is 3.72. The van der Waals surface area contributed by atoms with Crippen molar-refractivity contribution in [2.75, 3.05) is 23.1 Å². The molecule has 5 nitrogen and oxygen atoms in total. The van der Waals surface area contributed by atoms with Gasteiger partial charge in [-0.25, -0.2) is 8.78 Å². The van der Waals surface area contributed by atoms with Crippen LogP contribution in [-0.4, -0.2) is 24.1 Å². The summed E-state index contributed by atoms with van der Waals surface area (Å²) >= 11 is 7.48. The van der Waals surface area contributed by atoms with Crippen LogP contribution in [0.5, 0.6) is 5.75 Å². The minimum absolute atomic E-state index is 0.381. The Kier molecular flexibility index (Phi) is 7.03. The van der Waals surface area contributed by atoms with E-state index in [1.807, 2.05) is 18.2 Å². The Hall–Kier alpha value is -2.53. The highest BCUT2D eigenvalue weighted by Crippen LogP contribution is 2.31. The number of rotatable bonds is 5. The van der Waals surface area contributed by atoms with E-state index < -0.39 is 17.7 Å². The topological polar surface area (TPSA) is 62.4 Å².